The molecule has 1 aromatic heterocycles. The molecule has 172 valence electrons. The van der Waals surface area contributed by atoms with Crippen molar-refractivity contribution in [3.63, 3.8) is 0 Å². The summed E-state index contributed by atoms with van der Waals surface area (Å²) in [5.41, 5.74) is 2.14. The molecule has 0 radical (unpaired) electrons. The summed E-state index contributed by atoms with van der Waals surface area (Å²) in [5.74, 6) is 1.75. The Labute approximate surface area is 191 Å². The average molecular weight is 497 g/mol. The quantitative estimate of drug-likeness (QED) is 0.673. The van der Waals surface area contributed by atoms with Gasteiger partial charge in [-0.15, -0.1) is 0 Å². The molecule has 3 aliphatic rings. The highest BCUT2D eigenvalue weighted by Crippen LogP contribution is 2.38. The first-order valence-corrected chi connectivity index (χ1v) is 15.0. The van der Waals surface area contributed by atoms with Crippen LogP contribution in [0.1, 0.15) is 46.9 Å². The third kappa shape index (κ3) is 3.97. The van der Waals surface area contributed by atoms with Crippen molar-refractivity contribution in [2.45, 2.75) is 41.7 Å². The van der Waals surface area contributed by atoms with Crippen molar-refractivity contribution in [1.82, 2.24) is 14.1 Å². The molecule has 0 saturated carbocycles. The zero-order valence-electron chi connectivity index (χ0n) is 17.4. The Bertz CT molecular complexity index is 1260. The molecule has 0 spiro atoms. The lowest BCUT2D eigenvalue weighted by Gasteiger charge is -2.16. The van der Waals surface area contributed by atoms with Gasteiger partial charge in [0, 0.05) is 35.7 Å². The Morgan fingerprint density at radius 2 is 1.84 bits per heavy atom. The highest BCUT2D eigenvalue weighted by molar-refractivity contribution is 7.98. The highest BCUT2D eigenvalue weighted by Gasteiger charge is 2.34. The molecule has 1 atom stereocenters. The van der Waals surface area contributed by atoms with Crippen molar-refractivity contribution in [3.05, 3.63) is 41.1 Å². The van der Waals surface area contributed by atoms with E-state index in [0.29, 0.717) is 36.6 Å². The summed E-state index contributed by atoms with van der Waals surface area (Å²) in [4.78, 5) is 13.2. The van der Waals surface area contributed by atoms with Crippen LogP contribution in [0.2, 0.25) is 0 Å². The summed E-state index contributed by atoms with van der Waals surface area (Å²) < 4.78 is 52.5. The minimum atomic E-state index is -3.54. The van der Waals surface area contributed by atoms with Crippen LogP contribution in [0.15, 0.2) is 29.2 Å². The molecule has 0 bridgehead atoms. The lowest BCUT2D eigenvalue weighted by Crippen LogP contribution is -2.27. The van der Waals surface area contributed by atoms with Gasteiger partial charge in [0.15, 0.2) is 9.84 Å². The predicted octanol–water partition coefficient (Wildman–Crippen LogP) is 2.03. The van der Waals surface area contributed by atoms with Gasteiger partial charge >= 0.3 is 0 Å². The van der Waals surface area contributed by atoms with Crippen LogP contribution in [-0.4, -0.2) is 61.4 Å². The Morgan fingerprint density at radius 1 is 1.12 bits per heavy atom. The first-order chi connectivity index (χ1) is 15.2. The lowest BCUT2D eigenvalue weighted by atomic mass is 10.2. The summed E-state index contributed by atoms with van der Waals surface area (Å²) in [6.07, 6.45) is 2.19. The van der Waals surface area contributed by atoms with Crippen molar-refractivity contribution >= 4 is 43.3 Å². The van der Waals surface area contributed by atoms with Gasteiger partial charge in [0.05, 0.1) is 28.1 Å². The Morgan fingerprint density at radius 3 is 2.50 bits per heavy atom. The Balaban J connectivity index is 1.39. The molecule has 32 heavy (non-hydrogen) atoms. The van der Waals surface area contributed by atoms with Gasteiger partial charge in [-0.3, -0.25) is 4.79 Å². The number of hydrogen-bond donors (Lipinski definition) is 1. The minimum absolute atomic E-state index is 0.0205. The second-order valence-electron chi connectivity index (χ2n) is 8.36. The molecule has 1 aromatic carbocycles. The van der Waals surface area contributed by atoms with E-state index in [0.717, 1.165) is 29.9 Å². The summed E-state index contributed by atoms with van der Waals surface area (Å²) in [6, 6.07) is 5.65. The van der Waals surface area contributed by atoms with E-state index in [-0.39, 0.29) is 28.4 Å². The molecule has 1 amide bonds. The van der Waals surface area contributed by atoms with Gasteiger partial charge < -0.3 is 5.32 Å². The number of benzene rings is 1. The fraction of sp³-hybridized carbons (Fsp3) is 0.500. The maximum Gasteiger partial charge on any atom is 0.256 e. The van der Waals surface area contributed by atoms with Crippen molar-refractivity contribution < 1.29 is 21.6 Å². The number of sulfonamides is 1. The smallest absolute Gasteiger partial charge is 0.256 e. The molecule has 0 aliphatic carbocycles. The molecule has 1 N–H and O–H groups in total. The first kappa shape index (κ1) is 21.9. The van der Waals surface area contributed by atoms with Crippen LogP contribution in [0.4, 0.5) is 5.82 Å². The highest BCUT2D eigenvalue weighted by atomic mass is 32.2. The SMILES string of the molecule is O=C(Nc1c2c(nn1C1CCS(=O)(=O)C1)CSC2)c1ccc(S(=O)(=O)N2CCCC2)cc1. The Kier molecular flexibility index (Phi) is 5.59. The van der Waals surface area contributed by atoms with Crippen LogP contribution in [0.5, 0.6) is 0 Å². The summed E-state index contributed by atoms with van der Waals surface area (Å²) in [6.45, 7) is 1.04. The number of amides is 1. The van der Waals surface area contributed by atoms with Gasteiger partial charge in [-0.2, -0.15) is 21.2 Å². The van der Waals surface area contributed by atoms with Crippen LogP contribution in [0, 0.1) is 0 Å². The zero-order chi connectivity index (χ0) is 22.5. The third-order valence-electron chi connectivity index (χ3n) is 6.18. The third-order valence-corrected chi connectivity index (χ3v) is 10.8. The van der Waals surface area contributed by atoms with Gasteiger partial charge in [-0.1, -0.05) is 0 Å². The van der Waals surface area contributed by atoms with E-state index in [1.54, 1.807) is 16.4 Å². The lowest BCUT2D eigenvalue weighted by molar-refractivity contribution is 0.102. The number of anilines is 1. The molecule has 5 rings (SSSR count). The topological polar surface area (TPSA) is 118 Å². The van der Waals surface area contributed by atoms with Crippen molar-refractivity contribution in [2.75, 3.05) is 29.9 Å². The van der Waals surface area contributed by atoms with E-state index in [1.807, 2.05) is 0 Å². The fourth-order valence-electron chi connectivity index (χ4n) is 4.43. The van der Waals surface area contributed by atoms with Gasteiger partial charge in [0.1, 0.15) is 5.82 Å². The monoisotopic (exact) mass is 496 g/mol. The fourth-order valence-corrected chi connectivity index (χ4v) is 8.68. The van der Waals surface area contributed by atoms with Crippen molar-refractivity contribution in [3.8, 4) is 0 Å². The van der Waals surface area contributed by atoms with Gasteiger partial charge in [0.25, 0.3) is 5.91 Å². The van der Waals surface area contributed by atoms with Gasteiger partial charge in [-0.05, 0) is 43.5 Å². The van der Waals surface area contributed by atoms with E-state index in [4.69, 9.17) is 0 Å². The van der Waals surface area contributed by atoms with Crippen LogP contribution in [0.25, 0.3) is 0 Å². The molecule has 2 saturated heterocycles. The molecule has 4 heterocycles. The number of aromatic nitrogens is 2. The van der Waals surface area contributed by atoms with E-state index < -0.39 is 19.9 Å². The number of sulfone groups is 1. The number of nitrogens with zero attached hydrogens (tertiary/aromatic N) is 3. The van der Waals surface area contributed by atoms with Crippen LogP contribution >= 0.6 is 11.8 Å². The van der Waals surface area contributed by atoms with Gasteiger partial charge in [-0.25, -0.2) is 21.5 Å². The maximum atomic E-state index is 13.0. The zero-order valence-corrected chi connectivity index (χ0v) is 19.8. The normalized spacial score (nSPS) is 22.8. The van der Waals surface area contributed by atoms with Crippen LogP contribution in [-0.2, 0) is 31.4 Å². The Hall–Kier alpha value is -1.89. The second-order valence-corrected chi connectivity index (χ2v) is 13.5. The van der Waals surface area contributed by atoms with E-state index >= 15 is 0 Å². The van der Waals surface area contributed by atoms with E-state index in [1.165, 1.54) is 28.6 Å². The molecule has 3 aliphatic heterocycles. The predicted molar refractivity (Wildman–Crippen MR) is 122 cm³/mol. The van der Waals surface area contributed by atoms with Crippen molar-refractivity contribution in [1.29, 1.82) is 0 Å². The molecule has 2 fully saturated rings. The maximum absolute atomic E-state index is 13.0. The number of thioether (sulfide) groups is 1. The average Bonchev–Trinajstić information content (AvgIpc) is 3.53. The molecular weight excluding hydrogens is 472 g/mol. The molecular formula is C20H24N4O5S3. The standard InChI is InChI=1S/C20H24N4O5S3/c25-20(14-3-5-16(6-4-14)32(28,29)23-8-1-2-9-23)21-19-17-11-30-12-18(17)22-24(19)15-7-10-31(26,27)13-15/h3-6,15H,1-2,7-13H2,(H,21,25). The minimum Gasteiger partial charge on any atom is -0.306 e. The summed E-state index contributed by atoms with van der Waals surface area (Å²) in [7, 11) is -6.64. The molecule has 9 nitrogen and oxygen atoms in total. The number of rotatable bonds is 5. The van der Waals surface area contributed by atoms with Crippen LogP contribution in [0.3, 0.4) is 0 Å². The second kappa shape index (κ2) is 8.15. The van der Waals surface area contributed by atoms with E-state index in [2.05, 4.69) is 10.4 Å². The van der Waals surface area contributed by atoms with E-state index in [9.17, 15) is 21.6 Å². The largest absolute Gasteiger partial charge is 0.306 e. The number of carbonyl (C=O) groups excluding carboxylic acids is 1. The number of carbonyl (C=O) groups is 1. The summed E-state index contributed by atoms with van der Waals surface area (Å²) >= 11 is 1.70. The number of nitrogens with one attached hydrogen (secondary N) is 1. The molecule has 1 unspecified atom stereocenters. The number of fused-ring (bicyclic) bond motifs is 1. The summed E-state index contributed by atoms with van der Waals surface area (Å²) in [5, 5.41) is 7.53. The van der Waals surface area contributed by atoms with Crippen LogP contribution < -0.4 is 5.32 Å². The molecule has 12 heteroatoms. The van der Waals surface area contributed by atoms with Crippen molar-refractivity contribution in [2.24, 2.45) is 0 Å². The molecule has 2 aromatic rings. The number of hydrogen-bond acceptors (Lipinski definition) is 7. The first-order valence-electron chi connectivity index (χ1n) is 10.5. The van der Waals surface area contributed by atoms with Gasteiger partial charge in [0.2, 0.25) is 10.0 Å².